The topological polar surface area (TPSA) is 81.2 Å². The van der Waals surface area contributed by atoms with Gasteiger partial charge in [-0.2, -0.15) is 12.7 Å². The summed E-state index contributed by atoms with van der Waals surface area (Å²) in [6.07, 6.45) is 2.84. The lowest BCUT2D eigenvalue weighted by Crippen LogP contribution is -2.27. The first kappa shape index (κ1) is 14.5. The SMILES string of the molecule is CC(c1cccc(N)c1)c1cn(S(=O)(=O)N(C)C)cn1. The summed E-state index contributed by atoms with van der Waals surface area (Å²) < 4.78 is 26.2. The summed E-state index contributed by atoms with van der Waals surface area (Å²) in [6, 6.07) is 7.49. The number of aromatic nitrogens is 2. The van der Waals surface area contributed by atoms with Crippen LogP contribution in [0.4, 0.5) is 5.69 Å². The molecular weight excluding hydrogens is 276 g/mol. The van der Waals surface area contributed by atoms with E-state index < -0.39 is 10.2 Å². The fraction of sp³-hybridized carbons (Fsp3) is 0.308. The summed E-state index contributed by atoms with van der Waals surface area (Å²) in [5.41, 5.74) is 8.12. The molecule has 0 spiro atoms. The highest BCUT2D eigenvalue weighted by Crippen LogP contribution is 2.24. The average Bonchev–Trinajstić information content (AvgIpc) is 2.87. The molecule has 1 atom stereocenters. The second-order valence-electron chi connectivity index (χ2n) is 4.81. The number of rotatable bonds is 4. The Morgan fingerprint density at radius 2 is 2.05 bits per heavy atom. The van der Waals surface area contributed by atoms with E-state index in [4.69, 9.17) is 5.73 Å². The minimum atomic E-state index is -3.52. The van der Waals surface area contributed by atoms with E-state index in [1.165, 1.54) is 26.6 Å². The molecule has 2 rings (SSSR count). The predicted molar refractivity (Wildman–Crippen MR) is 78.6 cm³/mol. The number of nitrogens with two attached hydrogens (primary N) is 1. The Hall–Kier alpha value is -1.86. The molecule has 0 aliphatic carbocycles. The van der Waals surface area contributed by atoms with Crippen molar-refractivity contribution in [1.82, 2.24) is 13.3 Å². The summed E-state index contributed by atoms with van der Waals surface area (Å²) in [6.45, 7) is 1.96. The van der Waals surface area contributed by atoms with Crippen LogP contribution in [-0.2, 0) is 10.2 Å². The van der Waals surface area contributed by atoms with E-state index in [9.17, 15) is 8.42 Å². The molecule has 1 aromatic carbocycles. The highest BCUT2D eigenvalue weighted by molar-refractivity contribution is 7.87. The van der Waals surface area contributed by atoms with Gasteiger partial charge in [-0.15, -0.1) is 0 Å². The molecule has 6 nitrogen and oxygen atoms in total. The van der Waals surface area contributed by atoms with Gasteiger partial charge in [-0.3, -0.25) is 0 Å². The van der Waals surface area contributed by atoms with Crippen LogP contribution in [0.2, 0.25) is 0 Å². The third-order valence-corrected chi connectivity index (χ3v) is 4.82. The fourth-order valence-corrected chi connectivity index (χ4v) is 2.64. The molecule has 7 heteroatoms. The van der Waals surface area contributed by atoms with Gasteiger partial charge < -0.3 is 5.73 Å². The molecule has 0 bridgehead atoms. The van der Waals surface area contributed by atoms with Crippen molar-refractivity contribution in [2.24, 2.45) is 0 Å². The van der Waals surface area contributed by atoms with Gasteiger partial charge in [0.1, 0.15) is 6.33 Å². The molecule has 2 N–H and O–H groups in total. The van der Waals surface area contributed by atoms with Crippen LogP contribution in [0.3, 0.4) is 0 Å². The van der Waals surface area contributed by atoms with Gasteiger partial charge in [-0.1, -0.05) is 19.1 Å². The minimum Gasteiger partial charge on any atom is -0.399 e. The van der Waals surface area contributed by atoms with Gasteiger partial charge in [0.15, 0.2) is 0 Å². The smallest absolute Gasteiger partial charge is 0.308 e. The molecular formula is C13H18N4O2S. The van der Waals surface area contributed by atoms with E-state index in [2.05, 4.69) is 4.98 Å². The van der Waals surface area contributed by atoms with Crippen LogP contribution in [0.15, 0.2) is 36.8 Å². The number of imidazole rings is 1. The summed E-state index contributed by atoms with van der Waals surface area (Å²) in [7, 11) is -0.552. The van der Waals surface area contributed by atoms with Crippen LogP contribution >= 0.6 is 0 Å². The normalized spacial score (nSPS) is 13.6. The maximum Gasteiger partial charge on any atom is 0.308 e. The molecule has 20 heavy (non-hydrogen) atoms. The molecule has 0 saturated carbocycles. The van der Waals surface area contributed by atoms with E-state index in [-0.39, 0.29) is 5.92 Å². The quantitative estimate of drug-likeness (QED) is 0.861. The van der Waals surface area contributed by atoms with E-state index >= 15 is 0 Å². The van der Waals surface area contributed by atoms with Gasteiger partial charge in [0.25, 0.3) is 0 Å². The molecule has 0 fully saturated rings. The van der Waals surface area contributed by atoms with Crippen LogP contribution in [0.1, 0.15) is 24.1 Å². The van der Waals surface area contributed by atoms with Gasteiger partial charge in [0, 0.05) is 31.9 Å². The lowest BCUT2D eigenvalue weighted by Gasteiger charge is -2.12. The third-order valence-electron chi connectivity index (χ3n) is 3.16. The van der Waals surface area contributed by atoms with Crippen molar-refractivity contribution in [2.75, 3.05) is 19.8 Å². The molecule has 1 unspecified atom stereocenters. The number of nitrogens with zero attached hydrogens (tertiary/aromatic N) is 3. The molecule has 108 valence electrons. The molecule has 0 aliphatic heterocycles. The molecule has 0 saturated heterocycles. The van der Waals surface area contributed by atoms with Crippen molar-refractivity contribution in [3.05, 3.63) is 48.0 Å². The first-order valence-corrected chi connectivity index (χ1v) is 7.54. The second-order valence-corrected chi connectivity index (χ2v) is 6.86. The lowest BCUT2D eigenvalue weighted by molar-refractivity contribution is 0.510. The van der Waals surface area contributed by atoms with Crippen LogP contribution < -0.4 is 5.73 Å². The molecule has 1 aromatic heterocycles. The summed E-state index contributed by atoms with van der Waals surface area (Å²) >= 11 is 0. The second kappa shape index (κ2) is 5.26. The number of benzene rings is 1. The van der Waals surface area contributed by atoms with Crippen molar-refractivity contribution < 1.29 is 8.42 Å². The number of hydrogen-bond donors (Lipinski definition) is 1. The maximum atomic E-state index is 12.0. The molecule has 0 amide bonds. The van der Waals surface area contributed by atoms with Gasteiger partial charge in [0.2, 0.25) is 0 Å². The Morgan fingerprint density at radius 1 is 1.35 bits per heavy atom. The number of hydrogen-bond acceptors (Lipinski definition) is 4. The van der Waals surface area contributed by atoms with Crippen molar-refractivity contribution in [1.29, 1.82) is 0 Å². The Morgan fingerprint density at radius 3 is 2.65 bits per heavy atom. The first-order chi connectivity index (χ1) is 9.32. The van der Waals surface area contributed by atoms with Crippen LogP contribution in [0, 0.1) is 0 Å². The molecule has 0 aliphatic rings. The largest absolute Gasteiger partial charge is 0.399 e. The van der Waals surface area contributed by atoms with Gasteiger partial charge in [-0.05, 0) is 17.7 Å². The maximum absolute atomic E-state index is 12.0. The lowest BCUT2D eigenvalue weighted by atomic mass is 9.98. The predicted octanol–water partition coefficient (Wildman–Crippen LogP) is 1.27. The zero-order chi connectivity index (χ0) is 14.9. The van der Waals surface area contributed by atoms with Crippen molar-refractivity contribution in [3.63, 3.8) is 0 Å². The molecule has 0 radical (unpaired) electrons. The zero-order valence-electron chi connectivity index (χ0n) is 11.7. The highest BCUT2D eigenvalue weighted by atomic mass is 32.2. The summed E-state index contributed by atoms with van der Waals surface area (Å²) in [4.78, 5) is 4.19. The third kappa shape index (κ3) is 2.68. The van der Waals surface area contributed by atoms with E-state index in [1.54, 1.807) is 0 Å². The standard InChI is InChI=1S/C13H18N4O2S/c1-10(11-5-4-6-12(14)7-11)13-8-17(9-15-13)20(18,19)16(2)3/h4-10H,14H2,1-3H3. The van der Waals surface area contributed by atoms with Gasteiger partial charge in [0.05, 0.1) is 5.69 Å². The van der Waals surface area contributed by atoms with Gasteiger partial charge >= 0.3 is 10.2 Å². The van der Waals surface area contributed by atoms with Crippen LogP contribution in [0.25, 0.3) is 0 Å². The Labute approximate surface area is 119 Å². The Balaban J connectivity index is 2.34. The van der Waals surface area contributed by atoms with Crippen molar-refractivity contribution >= 4 is 15.9 Å². The molecule has 2 aromatic rings. The van der Waals surface area contributed by atoms with E-state index in [0.717, 1.165) is 13.8 Å². The molecule has 1 heterocycles. The summed E-state index contributed by atoms with van der Waals surface area (Å²) in [5, 5.41) is 0. The monoisotopic (exact) mass is 294 g/mol. The Kier molecular flexibility index (Phi) is 3.82. The van der Waals surface area contributed by atoms with Gasteiger partial charge in [-0.25, -0.2) is 8.96 Å². The van der Waals surface area contributed by atoms with Crippen molar-refractivity contribution in [2.45, 2.75) is 12.8 Å². The minimum absolute atomic E-state index is 0.0305. The first-order valence-electron chi connectivity index (χ1n) is 6.14. The Bertz CT molecular complexity index is 707. The van der Waals surface area contributed by atoms with Crippen LogP contribution in [0.5, 0.6) is 0 Å². The van der Waals surface area contributed by atoms with Crippen LogP contribution in [-0.4, -0.2) is 35.8 Å². The van der Waals surface area contributed by atoms with E-state index in [1.807, 2.05) is 31.2 Å². The van der Waals surface area contributed by atoms with Crippen molar-refractivity contribution in [3.8, 4) is 0 Å². The highest BCUT2D eigenvalue weighted by Gasteiger charge is 2.19. The summed E-state index contributed by atoms with van der Waals surface area (Å²) in [5.74, 6) is -0.0305. The number of nitrogen functional groups attached to an aromatic ring is 1. The zero-order valence-corrected chi connectivity index (χ0v) is 12.5. The number of anilines is 1. The van der Waals surface area contributed by atoms with E-state index in [0.29, 0.717) is 11.4 Å². The average molecular weight is 294 g/mol. The fourth-order valence-electron chi connectivity index (χ4n) is 1.86.